The van der Waals surface area contributed by atoms with Gasteiger partial charge in [-0.15, -0.1) is 11.3 Å². The van der Waals surface area contributed by atoms with Crippen molar-refractivity contribution in [3.8, 4) is 5.75 Å². The van der Waals surface area contributed by atoms with Crippen LogP contribution < -0.4 is 4.74 Å². The van der Waals surface area contributed by atoms with E-state index in [9.17, 15) is 4.79 Å². The van der Waals surface area contributed by atoms with E-state index in [4.69, 9.17) is 21.1 Å². The maximum Gasteiger partial charge on any atom is 0.260 e. The third-order valence-corrected chi connectivity index (χ3v) is 4.21. The number of carbonyl (C=O) groups excluding carboxylic acids is 1. The molecule has 0 fully saturated rings. The fourth-order valence-corrected chi connectivity index (χ4v) is 2.79. The zero-order valence-electron chi connectivity index (χ0n) is 12.3. The fraction of sp³-hybridized carbons (Fsp3) is 0.312. The molecule has 0 bridgehead atoms. The predicted molar refractivity (Wildman–Crippen MR) is 88.6 cm³/mol. The van der Waals surface area contributed by atoms with Crippen LogP contribution in [0.25, 0.3) is 0 Å². The first-order valence-corrected chi connectivity index (χ1v) is 8.13. The normalized spacial score (nSPS) is 10.5. The average Bonchev–Trinajstić information content (AvgIpc) is 3.03. The van der Waals surface area contributed by atoms with Gasteiger partial charge in [0.2, 0.25) is 0 Å². The van der Waals surface area contributed by atoms with E-state index in [0.29, 0.717) is 30.5 Å². The van der Waals surface area contributed by atoms with Crippen molar-refractivity contribution in [1.29, 1.82) is 0 Å². The van der Waals surface area contributed by atoms with Crippen molar-refractivity contribution in [1.82, 2.24) is 4.90 Å². The SMILES string of the molecule is COCCN(Cc1cccs1)C(=O)COc1ccccc1Cl. The first-order valence-electron chi connectivity index (χ1n) is 6.87. The van der Waals surface area contributed by atoms with Crippen molar-refractivity contribution in [3.63, 3.8) is 0 Å². The molecule has 0 saturated carbocycles. The molecule has 0 atom stereocenters. The third-order valence-electron chi connectivity index (χ3n) is 3.03. The lowest BCUT2D eigenvalue weighted by atomic mass is 10.3. The molecule has 0 saturated heterocycles. The minimum absolute atomic E-state index is 0.0428. The highest BCUT2D eigenvalue weighted by molar-refractivity contribution is 7.09. The standard InChI is InChI=1S/C16H18ClNO3S/c1-20-9-8-18(11-13-5-4-10-22-13)16(19)12-21-15-7-3-2-6-14(15)17/h2-7,10H,8-9,11-12H2,1H3. The Labute approximate surface area is 139 Å². The highest BCUT2D eigenvalue weighted by Gasteiger charge is 2.15. The summed E-state index contributed by atoms with van der Waals surface area (Å²) in [6, 6.07) is 11.1. The van der Waals surface area contributed by atoms with Gasteiger partial charge in [-0.3, -0.25) is 4.79 Å². The molecule has 0 spiro atoms. The first-order chi connectivity index (χ1) is 10.7. The molecule has 0 aliphatic heterocycles. The van der Waals surface area contributed by atoms with E-state index in [-0.39, 0.29) is 12.5 Å². The summed E-state index contributed by atoms with van der Waals surface area (Å²) in [4.78, 5) is 15.2. The highest BCUT2D eigenvalue weighted by Crippen LogP contribution is 2.23. The van der Waals surface area contributed by atoms with E-state index < -0.39 is 0 Å². The molecule has 22 heavy (non-hydrogen) atoms. The molecule has 2 aromatic rings. The van der Waals surface area contributed by atoms with Gasteiger partial charge in [0.05, 0.1) is 18.2 Å². The fourth-order valence-electron chi connectivity index (χ4n) is 1.88. The number of methoxy groups -OCH3 is 1. The monoisotopic (exact) mass is 339 g/mol. The summed E-state index contributed by atoms with van der Waals surface area (Å²) in [5, 5.41) is 2.49. The van der Waals surface area contributed by atoms with Crippen molar-refractivity contribution in [2.45, 2.75) is 6.54 Å². The van der Waals surface area contributed by atoms with Crippen LogP contribution in [0.5, 0.6) is 5.75 Å². The van der Waals surface area contributed by atoms with Gasteiger partial charge in [-0.25, -0.2) is 0 Å². The van der Waals surface area contributed by atoms with Gasteiger partial charge >= 0.3 is 0 Å². The van der Waals surface area contributed by atoms with E-state index in [1.54, 1.807) is 35.5 Å². The maximum atomic E-state index is 12.4. The minimum atomic E-state index is -0.0923. The number of rotatable bonds is 8. The molecule has 1 aromatic carbocycles. The van der Waals surface area contributed by atoms with Gasteiger partial charge in [-0.1, -0.05) is 29.8 Å². The number of halogens is 1. The zero-order chi connectivity index (χ0) is 15.8. The molecule has 0 aliphatic rings. The van der Waals surface area contributed by atoms with E-state index in [0.717, 1.165) is 4.88 Å². The Morgan fingerprint density at radius 1 is 1.27 bits per heavy atom. The van der Waals surface area contributed by atoms with Gasteiger partial charge in [0.15, 0.2) is 6.61 Å². The van der Waals surface area contributed by atoms with Crippen LogP contribution >= 0.6 is 22.9 Å². The first kappa shape index (κ1) is 16.8. The lowest BCUT2D eigenvalue weighted by Gasteiger charge is -2.22. The summed E-state index contributed by atoms with van der Waals surface area (Å²) in [7, 11) is 1.62. The lowest BCUT2D eigenvalue weighted by molar-refractivity contribution is -0.134. The van der Waals surface area contributed by atoms with Crippen LogP contribution in [0.15, 0.2) is 41.8 Å². The molecular formula is C16H18ClNO3S. The van der Waals surface area contributed by atoms with E-state index in [1.807, 2.05) is 29.6 Å². The van der Waals surface area contributed by atoms with Gasteiger partial charge in [-0.05, 0) is 23.6 Å². The molecule has 0 aliphatic carbocycles. The number of amides is 1. The van der Waals surface area contributed by atoms with Crippen LogP contribution in [-0.2, 0) is 16.1 Å². The highest BCUT2D eigenvalue weighted by atomic mass is 35.5. The summed E-state index contributed by atoms with van der Waals surface area (Å²) in [5.74, 6) is 0.422. The molecule has 1 heterocycles. The maximum absolute atomic E-state index is 12.4. The molecule has 6 heteroatoms. The van der Waals surface area contributed by atoms with Crippen LogP contribution in [0.2, 0.25) is 5.02 Å². The summed E-state index contributed by atoms with van der Waals surface area (Å²) in [6.07, 6.45) is 0. The number of ether oxygens (including phenoxy) is 2. The number of thiophene rings is 1. The second-order valence-corrected chi connectivity index (χ2v) is 6.05. The predicted octanol–water partition coefficient (Wildman–Crippen LogP) is 3.46. The van der Waals surface area contributed by atoms with Gasteiger partial charge in [0, 0.05) is 18.5 Å². The van der Waals surface area contributed by atoms with Gasteiger partial charge in [0.25, 0.3) is 5.91 Å². The van der Waals surface area contributed by atoms with E-state index in [2.05, 4.69) is 0 Å². The molecule has 4 nitrogen and oxygen atoms in total. The van der Waals surface area contributed by atoms with Crippen molar-refractivity contribution >= 4 is 28.8 Å². The Balaban J connectivity index is 1.94. The van der Waals surface area contributed by atoms with Crippen molar-refractivity contribution < 1.29 is 14.3 Å². The van der Waals surface area contributed by atoms with E-state index >= 15 is 0 Å². The molecule has 0 radical (unpaired) electrons. The minimum Gasteiger partial charge on any atom is -0.482 e. The molecule has 1 amide bonds. The topological polar surface area (TPSA) is 38.8 Å². The van der Waals surface area contributed by atoms with Gasteiger partial charge in [-0.2, -0.15) is 0 Å². The second kappa shape index (κ2) is 8.78. The number of benzene rings is 1. The number of hydrogen-bond donors (Lipinski definition) is 0. The van der Waals surface area contributed by atoms with E-state index in [1.165, 1.54) is 0 Å². The van der Waals surface area contributed by atoms with Crippen LogP contribution in [0.4, 0.5) is 0 Å². The zero-order valence-corrected chi connectivity index (χ0v) is 13.9. The smallest absolute Gasteiger partial charge is 0.260 e. The third kappa shape index (κ3) is 5.02. The van der Waals surface area contributed by atoms with Crippen molar-refractivity contribution in [2.24, 2.45) is 0 Å². The second-order valence-electron chi connectivity index (χ2n) is 4.61. The summed E-state index contributed by atoms with van der Waals surface area (Å²) < 4.78 is 10.6. The molecule has 0 unspecified atom stereocenters. The van der Waals surface area contributed by atoms with Crippen molar-refractivity contribution in [3.05, 3.63) is 51.7 Å². The summed E-state index contributed by atoms with van der Waals surface area (Å²) >= 11 is 7.64. The van der Waals surface area contributed by atoms with Crippen LogP contribution in [0.3, 0.4) is 0 Å². The Morgan fingerprint density at radius 2 is 2.09 bits per heavy atom. The Bertz CT molecular complexity index is 589. The molecule has 0 N–H and O–H groups in total. The number of para-hydroxylation sites is 1. The number of hydrogen-bond acceptors (Lipinski definition) is 4. The van der Waals surface area contributed by atoms with Crippen LogP contribution in [0.1, 0.15) is 4.88 Å². The van der Waals surface area contributed by atoms with Crippen molar-refractivity contribution in [2.75, 3.05) is 26.9 Å². The molecule has 2 rings (SSSR count). The molecular weight excluding hydrogens is 322 g/mol. The average molecular weight is 340 g/mol. The molecule has 1 aromatic heterocycles. The Morgan fingerprint density at radius 3 is 2.77 bits per heavy atom. The number of nitrogens with zero attached hydrogens (tertiary/aromatic N) is 1. The molecule has 118 valence electrons. The van der Waals surface area contributed by atoms with Crippen LogP contribution in [0, 0.1) is 0 Å². The van der Waals surface area contributed by atoms with Gasteiger partial charge in [0.1, 0.15) is 5.75 Å². The summed E-state index contributed by atoms with van der Waals surface area (Å²) in [5.41, 5.74) is 0. The lowest BCUT2D eigenvalue weighted by Crippen LogP contribution is -2.36. The Kier molecular flexibility index (Phi) is 6.71. The largest absolute Gasteiger partial charge is 0.482 e. The van der Waals surface area contributed by atoms with Gasteiger partial charge < -0.3 is 14.4 Å². The number of carbonyl (C=O) groups is 1. The Hall–Kier alpha value is -1.56. The quantitative estimate of drug-likeness (QED) is 0.739. The van der Waals surface area contributed by atoms with Crippen LogP contribution in [-0.4, -0.2) is 37.7 Å². The summed E-state index contributed by atoms with van der Waals surface area (Å²) in [6.45, 7) is 1.53.